The third-order valence-corrected chi connectivity index (χ3v) is 4.07. The predicted octanol–water partition coefficient (Wildman–Crippen LogP) is 3.32. The first-order valence-corrected chi connectivity index (χ1v) is 8.10. The maximum atomic E-state index is 12.5. The third kappa shape index (κ3) is 4.44. The Morgan fingerprint density at radius 2 is 1.54 bits per heavy atom. The lowest BCUT2D eigenvalue weighted by atomic mass is 9.90. The predicted molar refractivity (Wildman–Crippen MR) is 96.7 cm³/mol. The Morgan fingerprint density at radius 3 is 2.21 bits per heavy atom. The van der Waals surface area contributed by atoms with Gasteiger partial charge in [0.2, 0.25) is 11.8 Å². The molecule has 126 valence electrons. The number of nitrogens with one attached hydrogen (secondary N) is 2. The number of amides is 2. The summed E-state index contributed by atoms with van der Waals surface area (Å²) in [4.78, 5) is 24.9. The molecular formula is C20H24N2O2. The SMILES string of the molecule is Cc1ccccc1NC(=O)C(C)(C)C(=O)NCCc1ccccc1. The van der Waals surface area contributed by atoms with Crippen LogP contribution < -0.4 is 10.6 Å². The lowest BCUT2D eigenvalue weighted by Crippen LogP contribution is -2.45. The monoisotopic (exact) mass is 324 g/mol. The standard InChI is InChI=1S/C20H24N2O2/c1-15-9-7-8-12-17(15)22-19(24)20(2,3)18(23)21-14-13-16-10-5-4-6-11-16/h4-12H,13-14H2,1-3H3,(H,21,23)(H,22,24). The number of anilines is 1. The Balaban J connectivity index is 1.91. The van der Waals surface area contributed by atoms with Crippen LogP contribution in [0.3, 0.4) is 0 Å². The highest BCUT2D eigenvalue weighted by molar-refractivity contribution is 6.10. The van der Waals surface area contributed by atoms with Crippen LogP contribution in [-0.4, -0.2) is 18.4 Å². The average Bonchev–Trinajstić information content (AvgIpc) is 2.57. The van der Waals surface area contributed by atoms with E-state index in [2.05, 4.69) is 10.6 Å². The second-order valence-corrected chi connectivity index (χ2v) is 6.39. The highest BCUT2D eigenvalue weighted by Gasteiger charge is 2.35. The molecule has 0 aliphatic carbocycles. The molecule has 0 aliphatic heterocycles. The van der Waals surface area contributed by atoms with E-state index in [9.17, 15) is 9.59 Å². The van der Waals surface area contributed by atoms with Crippen molar-refractivity contribution in [3.05, 3.63) is 65.7 Å². The van der Waals surface area contributed by atoms with Crippen LogP contribution in [0.15, 0.2) is 54.6 Å². The number of benzene rings is 2. The molecule has 2 rings (SSSR count). The van der Waals surface area contributed by atoms with Crippen molar-refractivity contribution in [2.75, 3.05) is 11.9 Å². The van der Waals surface area contributed by atoms with Gasteiger partial charge in [0.25, 0.3) is 0 Å². The zero-order valence-corrected chi connectivity index (χ0v) is 14.4. The van der Waals surface area contributed by atoms with Gasteiger partial charge in [0, 0.05) is 12.2 Å². The van der Waals surface area contributed by atoms with Gasteiger partial charge in [0.1, 0.15) is 5.41 Å². The summed E-state index contributed by atoms with van der Waals surface area (Å²) in [6, 6.07) is 17.4. The van der Waals surface area contributed by atoms with E-state index in [1.807, 2.05) is 61.5 Å². The third-order valence-electron chi connectivity index (χ3n) is 4.07. The Kier molecular flexibility index (Phi) is 5.74. The van der Waals surface area contributed by atoms with Crippen molar-refractivity contribution in [1.29, 1.82) is 0 Å². The summed E-state index contributed by atoms with van der Waals surface area (Å²) in [5.74, 6) is -0.585. The fraction of sp³-hybridized carbons (Fsp3) is 0.300. The summed E-state index contributed by atoms with van der Waals surface area (Å²) in [5.41, 5.74) is 1.71. The first-order chi connectivity index (χ1) is 11.4. The van der Waals surface area contributed by atoms with E-state index < -0.39 is 5.41 Å². The van der Waals surface area contributed by atoms with Crippen LogP contribution >= 0.6 is 0 Å². The second kappa shape index (κ2) is 7.77. The van der Waals surface area contributed by atoms with E-state index in [1.165, 1.54) is 0 Å². The van der Waals surface area contributed by atoms with Crippen molar-refractivity contribution in [2.24, 2.45) is 5.41 Å². The molecule has 0 fully saturated rings. The molecule has 4 nitrogen and oxygen atoms in total. The Morgan fingerprint density at radius 1 is 0.917 bits per heavy atom. The van der Waals surface area contributed by atoms with Gasteiger partial charge in [-0.3, -0.25) is 9.59 Å². The first kappa shape index (κ1) is 17.7. The summed E-state index contributed by atoms with van der Waals surface area (Å²) in [5, 5.41) is 5.69. The zero-order valence-electron chi connectivity index (χ0n) is 14.4. The van der Waals surface area contributed by atoms with Gasteiger partial charge >= 0.3 is 0 Å². The Bertz CT molecular complexity index is 709. The van der Waals surface area contributed by atoms with E-state index in [-0.39, 0.29) is 11.8 Å². The average molecular weight is 324 g/mol. The van der Waals surface area contributed by atoms with Crippen LogP contribution in [-0.2, 0) is 16.0 Å². The van der Waals surface area contributed by atoms with Crippen molar-refractivity contribution in [1.82, 2.24) is 5.32 Å². The van der Waals surface area contributed by atoms with E-state index in [0.29, 0.717) is 6.54 Å². The molecule has 2 amide bonds. The molecule has 0 bridgehead atoms. The number of rotatable bonds is 6. The van der Waals surface area contributed by atoms with Crippen molar-refractivity contribution in [3.8, 4) is 0 Å². The topological polar surface area (TPSA) is 58.2 Å². The van der Waals surface area contributed by atoms with Crippen molar-refractivity contribution in [2.45, 2.75) is 27.2 Å². The molecular weight excluding hydrogens is 300 g/mol. The molecule has 2 aromatic carbocycles. The van der Waals surface area contributed by atoms with Gasteiger partial charge in [-0.1, -0.05) is 48.5 Å². The molecule has 0 unspecified atom stereocenters. The lowest BCUT2D eigenvalue weighted by molar-refractivity contribution is -0.138. The molecule has 0 heterocycles. The van der Waals surface area contributed by atoms with Gasteiger partial charge in [-0.05, 0) is 44.4 Å². The van der Waals surface area contributed by atoms with Crippen molar-refractivity contribution >= 4 is 17.5 Å². The van der Waals surface area contributed by atoms with Crippen molar-refractivity contribution < 1.29 is 9.59 Å². The van der Waals surface area contributed by atoms with E-state index in [4.69, 9.17) is 0 Å². The Hall–Kier alpha value is -2.62. The summed E-state index contributed by atoms with van der Waals surface area (Å²) >= 11 is 0. The van der Waals surface area contributed by atoms with Gasteiger partial charge in [-0.2, -0.15) is 0 Å². The number of aryl methyl sites for hydroxylation is 1. The minimum absolute atomic E-state index is 0.274. The summed E-state index contributed by atoms with van der Waals surface area (Å²) in [7, 11) is 0. The van der Waals surface area contributed by atoms with Crippen LogP contribution in [0.25, 0.3) is 0 Å². The summed E-state index contributed by atoms with van der Waals surface area (Å²) in [6.07, 6.45) is 0.738. The highest BCUT2D eigenvalue weighted by Crippen LogP contribution is 2.21. The molecule has 0 atom stereocenters. The minimum atomic E-state index is -1.14. The maximum Gasteiger partial charge on any atom is 0.239 e. The zero-order chi connectivity index (χ0) is 17.6. The van der Waals surface area contributed by atoms with Crippen LogP contribution in [0.2, 0.25) is 0 Å². The minimum Gasteiger partial charge on any atom is -0.355 e. The summed E-state index contributed by atoms with van der Waals surface area (Å²) in [6.45, 7) is 5.70. The summed E-state index contributed by atoms with van der Waals surface area (Å²) < 4.78 is 0. The molecule has 0 aliphatic rings. The smallest absolute Gasteiger partial charge is 0.239 e. The van der Waals surface area contributed by atoms with Gasteiger partial charge in [-0.25, -0.2) is 0 Å². The van der Waals surface area contributed by atoms with Gasteiger partial charge < -0.3 is 10.6 Å². The van der Waals surface area contributed by atoms with Crippen molar-refractivity contribution in [3.63, 3.8) is 0 Å². The van der Waals surface area contributed by atoms with Gasteiger partial charge in [0.05, 0.1) is 0 Å². The van der Waals surface area contributed by atoms with Gasteiger partial charge in [-0.15, -0.1) is 0 Å². The van der Waals surface area contributed by atoms with Crippen LogP contribution in [0, 0.1) is 12.3 Å². The molecule has 24 heavy (non-hydrogen) atoms. The normalized spacial score (nSPS) is 11.0. The largest absolute Gasteiger partial charge is 0.355 e. The van der Waals surface area contributed by atoms with E-state index >= 15 is 0 Å². The number of carbonyl (C=O) groups excluding carboxylic acids is 2. The fourth-order valence-corrected chi connectivity index (χ4v) is 2.28. The van der Waals surface area contributed by atoms with E-state index in [1.54, 1.807) is 13.8 Å². The fourth-order valence-electron chi connectivity index (χ4n) is 2.28. The number of hydrogen-bond donors (Lipinski definition) is 2. The highest BCUT2D eigenvalue weighted by atomic mass is 16.2. The van der Waals surface area contributed by atoms with E-state index in [0.717, 1.165) is 23.2 Å². The van der Waals surface area contributed by atoms with Crippen LogP contribution in [0.1, 0.15) is 25.0 Å². The molecule has 2 aromatic rings. The molecule has 0 saturated carbocycles. The molecule has 0 saturated heterocycles. The maximum absolute atomic E-state index is 12.5. The molecule has 0 spiro atoms. The van der Waals surface area contributed by atoms with Gasteiger partial charge in [0.15, 0.2) is 0 Å². The molecule has 2 N–H and O–H groups in total. The van der Waals surface area contributed by atoms with Crippen LogP contribution in [0.4, 0.5) is 5.69 Å². The molecule has 0 aromatic heterocycles. The van der Waals surface area contributed by atoms with Crippen LogP contribution in [0.5, 0.6) is 0 Å². The lowest BCUT2D eigenvalue weighted by Gasteiger charge is -2.23. The first-order valence-electron chi connectivity index (χ1n) is 8.10. The second-order valence-electron chi connectivity index (χ2n) is 6.39. The number of carbonyl (C=O) groups is 2. The number of para-hydroxylation sites is 1. The molecule has 4 heteroatoms. The quantitative estimate of drug-likeness (QED) is 0.801. The molecule has 0 radical (unpaired) electrons. The number of hydrogen-bond acceptors (Lipinski definition) is 2. The Labute approximate surface area is 143 Å².